The van der Waals surface area contributed by atoms with Gasteiger partial charge in [-0.05, 0) is 76.4 Å². The molecule has 0 aliphatic carbocycles. The number of benzene rings is 7. The van der Waals surface area contributed by atoms with Gasteiger partial charge in [0.1, 0.15) is 19.4 Å². The second kappa shape index (κ2) is 11.1. The van der Waals surface area contributed by atoms with Crippen LogP contribution in [0.5, 0.6) is 0 Å². The minimum atomic E-state index is -2.13. The summed E-state index contributed by atoms with van der Waals surface area (Å²) >= 11 is 0. The molecular weight excluding hydrogens is 601 g/mol. The standard InChI is InChI=1S/C44H34N2OSi/c1-48(2)41-28-27-35(45(31-17-7-3-8-18-31)32-19-9-4-10-20-32)29-38(41)43-44(48)42-37-26-16-15-25-36(37)39(30-40(42)47-43)46(33-21-11-5-12-22-33)34-23-13-6-14-24-34/h3-30H,1-2H3. The molecule has 230 valence electrons. The van der Waals surface area contributed by atoms with Crippen molar-refractivity contribution in [2.45, 2.75) is 13.1 Å². The van der Waals surface area contributed by atoms with Gasteiger partial charge in [-0.1, -0.05) is 116 Å². The molecule has 0 spiro atoms. The van der Waals surface area contributed by atoms with Gasteiger partial charge in [-0.3, -0.25) is 0 Å². The predicted molar refractivity (Wildman–Crippen MR) is 205 cm³/mol. The summed E-state index contributed by atoms with van der Waals surface area (Å²) in [6, 6.07) is 60.6. The molecule has 0 saturated heterocycles. The Hall–Kier alpha value is -5.84. The number of anilines is 6. The molecule has 0 fully saturated rings. The molecule has 2 heterocycles. The van der Waals surface area contributed by atoms with E-state index in [1.165, 1.54) is 32.1 Å². The molecule has 0 N–H and O–H groups in total. The van der Waals surface area contributed by atoms with E-state index in [0.717, 1.165) is 45.5 Å². The highest BCUT2D eigenvalue weighted by Gasteiger charge is 2.43. The number of hydrogen-bond donors (Lipinski definition) is 0. The minimum Gasteiger partial charge on any atom is -0.456 e. The van der Waals surface area contributed by atoms with Crippen molar-refractivity contribution in [3.8, 4) is 11.3 Å². The van der Waals surface area contributed by atoms with Gasteiger partial charge in [0.05, 0.1) is 5.69 Å². The zero-order valence-corrected chi connectivity index (χ0v) is 28.0. The van der Waals surface area contributed by atoms with Crippen molar-refractivity contribution in [3.63, 3.8) is 0 Å². The van der Waals surface area contributed by atoms with Crippen molar-refractivity contribution in [2.24, 2.45) is 0 Å². The molecule has 1 aliphatic heterocycles. The number of fused-ring (bicyclic) bond motifs is 7. The van der Waals surface area contributed by atoms with E-state index >= 15 is 0 Å². The lowest BCUT2D eigenvalue weighted by molar-refractivity contribution is 0.635. The molecule has 4 heteroatoms. The van der Waals surface area contributed by atoms with Gasteiger partial charge in [0, 0.05) is 50.8 Å². The zero-order valence-electron chi connectivity index (χ0n) is 27.0. The normalized spacial score (nSPS) is 13.0. The van der Waals surface area contributed by atoms with Crippen LogP contribution in [-0.2, 0) is 0 Å². The van der Waals surface area contributed by atoms with Crippen LogP contribution in [0.25, 0.3) is 33.1 Å². The van der Waals surface area contributed by atoms with Crippen LogP contribution in [0.4, 0.5) is 34.1 Å². The van der Waals surface area contributed by atoms with Gasteiger partial charge in [0.15, 0.2) is 0 Å². The lowest BCUT2D eigenvalue weighted by atomic mass is 10.0. The molecule has 0 amide bonds. The molecular formula is C44H34N2OSi. The lowest BCUT2D eigenvalue weighted by Crippen LogP contribution is -2.49. The predicted octanol–water partition coefficient (Wildman–Crippen LogP) is 11.3. The van der Waals surface area contributed by atoms with Gasteiger partial charge in [-0.25, -0.2) is 0 Å². The molecule has 0 radical (unpaired) electrons. The third-order valence-corrected chi connectivity index (χ3v) is 13.3. The Morgan fingerprint density at radius 3 is 1.48 bits per heavy atom. The summed E-state index contributed by atoms with van der Waals surface area (Å²) in [7, 11) is -2.13. The van der Waals surface area contributed by atoms with Crippen LogP contribution in [-0.4, -0.2) is 8.07 Å². The first-order valence-corrected chi connectivity index (χ1v) is 19.5. The van der Waals surface area contributed by atoms with E-state index in [0.29, 0.717) is 0 Å². The lowest BCUT2D eigenvalue weighted by Gasteiger charge is -2.27. The molecule has 0 bridgehead atoms. The zero-order chi connectivity index (χ0) is 32.2. The Kier molecular flexibility index (Phi) is 6.59. The molecule has 0 atom stereocenters. The highest BCUT2D eigenvalue weighted by molar-refractivity contribution is 7.05. The average Bonchev–Trinajstić information content (AvgIpc) is 3.63. The third-order valence-electron chi connectivity index (χ3n) is 9.78. The molecule has 48 heavy (non-hydrogen) atoms. The molecule has 0 saturated carbocycles. The molecule has 9 rings (SSSR count). The van der Waals surface area contributed by atoms with E-state index in [1.54, 1.807) is 0 Å². The quantitative estimate of drug-likeness (QED) is 0.170. The summed E-state index contributed by atoms with van der Waals surface area (Å²) < 4.78 is 7.08. The number of para-hydroxylation sites is 4. The summed E-state index contributed by atoms with van der Waals surface area (Å²) in [6.45, 7) is 4.95. The summed E-state index contributed by atoms with van der Waals surface area (Å²) in [6.07, 6.45) is 0. The number of hydrogen-bond acceptors (Lipinski definition) is 3. The van der Waals surface area contributed by atoms with Gasteiger partial charge in [0.25, 0.3) is 0 Å². The van der Waals surface area contributed by atoms with Crippen molar-refractivity contribution in [1.82, 2.24) is 0 Å². The van der Waals surface area contributed by atoms with Crippen LogP contribution < -0.4 is 20.2 Å². The SMILES string of the molecule is C[Si]1(C)c2ccc(N(c3ccccc3)c3ccccc3)cc2-c2oc3cc(N(c4ccccc4)c4ccccc4)c4ccccc4c3c21. The second-order valence-corrected chi connectivity index (χ2v) is 17.3. The van der Waals surface area contributed by atoms with E-state index in [1.807, 2.05) is 0 Å². The Morgan fingerprint density at radius 1 is 0.458 bits per heavy atom. The Labute approximate surface area is 281 Å². The molecule has 1 aliphatic rings. The summed E-state index contributed by atoms with van der Waals surface area (Å²) in [5, 5.41) is 6.51. The fraction of sp³-hybridized carbons (Fsp3) is 0.0455. The topological polar surface area (TPSA) is 19.6 Å². The second-order valence-electron chi connectivity index (χ2n) is 13.0. The summed E-state index contributed by atoms with van der Waals surface area (Å²) in [4.78, 5) is 4.68. The Balaban J connectivity index is 1.28. The van der Waals surface area contributed by atoms with Gasteiger partial charge < -0.3 is 14.2 Å². The van der Waals surface area contributed by atoms with Crippen LogP contribution in [0, 0.1) is 0 Å². The monoisotopic (exact) mass is 634 g/mol. The molecule has 3 nitrogen and oxygen atoms in total. The first-order chi connectivity index (χ1) is 23.6. The van der Waals surface area contributed by atoms with E-state index in [2.05, 4.69) is 193 Å². The van der Waals surface area contributed by atoms with Gasteiger partial charge >= 0.3 is 0 Å². The minimum absolute atomic E-state index is 0.935. The van der Waals surface area contributed by atoms with Crippen LogP contribution in [0.3, 0.4) is 0 Å². The Morgan fingerprint density at radius 2 is 0.938 bits per heavy atom. The van der Waals surface area contributed by atoms with Crippen molar-refractivity contribution >= 4 is 74.3 Å². The number of rotatable bonds is 6. The first kappa shape index (κ1) is 28.4. The van der Waals surface area contributed by atoms with Crippen molar-refractivity contribution in [3.05, 3.63) is 170 Å². The van der Waals surface area contributed by atoms with E-state index in [-0.39, 0.29) is 0 Å². The molecule has 0 unspecified atom stereocenters. The summed E-state index contributed by atoms with van der Waals surface area (Å²) in [5.41, 5.74) is 8.84. The van der Waals surface area contributed by atoms with Crippen LogP contribution in [0.1, 0.15) is 0 Å². The van der Waals surface area contributed by atoms with E-state index in [4.69, 9.17) is 4.42 Å². The van der Waals surface area contributed by atoms with E-state index < -0.39 is 8.07 Å². The maximum absolute atomic E-state index is 7.08. The number of nitrogens with zero attached hydrogens (tertiary/aromatic N) is 2. The van der Waals surface area contributed by atoms with Crippen molar-refractivity contribution in [2.75, 3.05) is 9.80 Å². The van der Waals surface area contributed by atoms with Crippen LogP contribution in [0.2, 0.25) is 13.1 Å². The molecule has 8 aromatic rings. The first-order valence-electron chi connectivity index (χ1n) is 16.5. The summed E-state index contributed by atoms with van der Waals surface area (Å²) in [5.74, 6) is 1.02. The molecule has 7 aromatic carbocycles. The third kappa shape index (κ3) is 4.41. The Bertz CT molecular complexity index is 2340. The average molecular weight is 635 g/mol. The van der Waals surface area contributed by atoms with Crippen molar-refractivity contribution < 1.29 is 4.42 Å². The van der Waals surface area contributed by atoms with Gasteiger partial charge in [0.2, 0.25) is 0 Å². The van der Waals surface area contributed by atoms with E-state index in [9.17, 15) is 0 Å². The molecule has 1 aromatic heterocycles. The highest BCUT2D eigenvalue weighted by Crippen LogP contribution is 2.46. The maximum Gasteiger partial charge on any atom is 0.137 e. The van der Waals surface area contributed by atoms with Crippen LogP contribution >= 0.6 is 0 Å². The fourth-order valence-electron chi connectivity index (χ4n) is 7.64. The largest absolute Gasteiger partial charge is 0.456 e. The van der Waals surface area contributed by atoms with Crippen molar-refractivity contribution in [1.29, 1.82) is 0 Å². The van der Waals surface area contributed by atoms with Gasteiger partial charge in [-0.2, -0.15) is 0 Å². The maximum atomic E-state index is 7.08. The van der Waals surface area contributed by atoms with Gasteiger partial charge in [-0.15, -0.1) is 0 Å². The number of furan rings is 1. The van der Waals surface area contributed by atoms with Crippen LogP contribution in [0.15, 0.2) is 174 Å². The highest BCUT2D eigenvalue weighted by atomic mass is 28.3. The smallest absolute Gasteiger partial charge is 0.137 e. The fourth-order valence-corrected chi connectivity index (χ4v) is 10.9.